The standard InChI is InChI=1S/CHN3O/c5-1-2-4-3-1/h(H,2,3,5). The molecule has 0 atom stereocenters. The molecule has 0 aromatic carbocycles. The Morgan fingerprint density at radius 3 is 2.20 bits per heavy atom. The highest BCUT2D eigenvalue weighted by atomic mass is 16.2. The summed E-state index contributed by atoms with van der Waals surface area (Å²) >= 11 is 0. The molecule has 1 aliphatic heterocycles. The molecule has 0 saturated carbocycles. The number of amides is 2. The first-order valence-corrected chi connectivity index (χ1v) is 1.10. The predicted octanol–water partition coefficient (Wildman–Crippen LogP) is 0.0768. The van der Waals surface area contributed by atoms with E-state index in [2.05, 4.69) is 10.3 Å². The molecule has 4 heteroatoms. The van der Waals surface area contributed by atoms with Crippen LogP contribution in [0.5, 0.6) is 0 Å². The van der Waals surface area contributed by atoms with Crippen LogP contribution in [0.4, 0.5) is 4.79 Å². The van der Waals surface area contributed by atoms with Crippen LogP contribution in [0.15, 0.2) is 10.3 Å². The van der Waals surface area contributed by atoms with Crippen LogP contribution in [0.25, 0.3) is 0 Å². The summed E-state index contributed by atoms with van der Waals surface area (Å²) in [6.07, 6.45) is 0. The summed E-state index contributed by atoms with van der Waals surface area (Å²) < 4.78 is 0. The molecule has 0 unspecified atom stereocenters. The minimum Gasteiger partial charge on any atom is -0.242 e. The fraction of sp³-hybridized carbons (Fsp3) is 0. The zero-order valence-electron chi connectivity index (χ0n) is 2.30. The normalized spacial score (nSPS) is 17.2. The Bertz CT molecular complexity index is 84.9. The Morgan fingerprint density at radius 2 is 2.20 bits per heavy atom. The third kappa shape index (κ3) is 0.137. The summed E-state index contributed by atoms with van der Waals surface area (Å²) in [6, 6.07) is -0.356. The van der Waals surface area contributed by atoms with E-state index in [0.29, 0.717) is 0 Å². The van der Waals surface area contributed by atoms with Gasteiger partial charge in [-0.1, -0.05) is 10.3 Å². The van der Waals surface area contributed by atoms with E-state index in [4.69, 9.17) is 0 Å². The highest BCUT2D eigenvalue weighted by Crippen LogP contribution is 1.83. The Labute approximate surface area is 27.9 Å². The third-order valence-electron chi connectivity index (χ3n) is 0.286. The maximum absolute atomic E-state index is 9.53. The van der Waals surface area contributed by atoms with Gasteiger partial charge in [-0.05, 0) is 0 Å². The molecule has 1 rings (SSSR count). The van der Waals surface area contributed by atoms with Crippen molar-refractivity contribution in [1.82, 2.24) is 5.43 Å². The molecule has 0 aliphatic carbocycles. The van der Waals surface area contributed by atoms with Gasteiger partial charge in [-0.3, -0.25) is 0 Å². The summed E-state index contributed by atoms with van der Waals surface area (Å²) in [5.74, 6) is 0. The van der Waals surface area contributed by atoms with Crippen LogP contribution in [0.3, 0.4) is 0 Å². The number of rotatable bonds is 0. The van der Waals surface area contributed by atoms with Crippen molar-refractivity contribution in [2.75, 3.05) is 0 Å². The van der Waals surface area contributed by atoms with Gasteiger partial charge < -0.3 is 0 Å². The van der Waals surface area contributed by atoms with Crippen LogP contribution in [0.1, 0.15) is 0 Å². The number of urea groups is 1. The lowest BCUT2D eigenvalue weighted by Crippen LogP contribution is -2.19. The van der Waals surface area contributed by atoms with Crippen LogP contribution >= 0.6 is 0 Å². The fourth-order valence-corrected chi connectivity index (χ4v) is 0.0908. The van der Waals surface area contributed by atoms with Gasteiger partial charge in [0.25, 0.3) is 0 Å². The first kappa shape index (κ1) is 2.32. The molecule has 0 saturated heterocycles. The fourth-order valence-electron chi connectivity index (χ4n) is 0.0908. The lowest BCUT2D eigenvalue weighted by Gasteiger charge is -1.93. The van der Waals surface area contributed by atoms with Crippen molar-refractivity contribution in [3.05, 3.63) is 0 Å². The molecule has 2 amide bonds. The molecule has 1 heterocycles. The maximum Gasteiger partial charge on any atom is 0.382 e. The zero-order valence-corrected chi connectivity index (χ0v) is 2.30. The number of nitrogens with one attached hydrogen (secondary N) is 1. The SMILES string of the molecule is O=C1N=NN1. The number of carbonyl (C=O) groups is 1. The zero-order chi connectivity index (χ0) is 3.70. The van der Waals surface area contributed by atoms with E-state index in [1.165, 1.54) is 0 Å². The second-order valence-electron chi connectivity index (χ2n) is 0.617. The van der Waals surface area contributed by atoms with Crippen LogP contribution in [-0.2, 0) is 0 Å². The predicted molar refractivity (Wildman–Crippen MR) is 13.4 cm³/mol. The quantitative estimate of drug-likeness (QED) is 0.432. The van der Waals surface area contributed by atoms with Crippen molar-refractivity contribution < 1.29 is 4.79 Å². The second kappa shape index (κ2) is 0.512. The first-order chi connectivity index (χ1) is 2.39. The van der Waals surface area contributed by atoms with Crippen molar-refractivity contribution in [3.63, 3.8) is 0 Å². The minimum atomic E-state index is -0.356. The maximum atomic E-state index is 9.53. The average molecular weight is 71.0 g/mol. The van der Waals surface area contributed by atoms with E-state index >= 15 is 0 Å². The summed E-state index contributed by atoms with van der Waals surface area (Å²) in [4.78, 5) is 9.53. The van der Waals surface area contributed by atoms with Gasteiger partial charge >= 0.3 is 6.03 Å². The number of carbonyl (C=O) groups excluding carboxylic acids is 1. The van der Waals surface area contributed by atoms with E-state index in [9.17, 15) is 4.79 Å². The molecule has 0 aromatic heterocycles. The molecule has 0 bridgehead atoms. The van der Waals surface area contributed by atoms with Crippen molar-refractivity contribution in [1.29, 1.82) is 0 Å². The van der Waals surface area contributed by atoms with Crippen molar-refractivity contribution in [2.45, 2.75) is 0 Å². The molecule has 1 N–H and O–H groups in total. The second-order valence-corrected chi connectivity index (χ2v) is 0.617. The van der Waals surface area contributed by atoms with Gasteiger partial charge in [-0.2, -0.15) is 0 Å². The van der Waals surface area contributed by atoms with E-state index < -0.39 is 0 Å². The van der Waals surface area contributed by atoms with Crippen molar-refractivity contribution >= 4 is 6.03 Å². The Balaban J connectivity index is 2.71. The van der Waals surface area contributed by atoms with Crippen LogP contribution < -0.4 is 5.43 Å². The lowest BCUT2D eigenvalue weighted by molar-refractivity contribution is 0.238. The van der Waals surface area contributed by atoms with E-state index in [1.807, 2.05) is 5.43 Å². The van der Waals surface area contributed by atoms with Crippen LogP contribution in [0.2, 0.25) is 0 Å². The van der Waals surface area contributed by atoms with Gasteiger partial charge in [0, 0.05) is 0 Å². The topological polar surface area (TPSA) is 53.8 Å². The summed E-state index contributed by atoms with van der Waals surface area (Å²) in [5.41, 5.74) is 2.03. The summed E-state index contributed by atoms with van der Waals surface area (Å²) in [7, 11) is 0. The Kier molecular flexibility index (Phi) is 0.237. The largest absolute Gasteiger partial charge is 0.382 e. The molecule has 4 nitrogen and oxygen atoms in total. The van der Waals surface area contributed by atoms with Crippen LogP contribution in [0, 0.1) is 0 Å². The number of hydrogen-bond acceptors (Lipinski definition) is 2. The highest BCUT2D eigenvalue weighted by molar-refractivity contribution is 5.76. The summed E-state index contributed by atoms with van der Waals surface area (Å²) in [6.45, 7) is 0. The van der Waals surface area contributed by atoms with Gasteiger partial charge in [0.15, 0.2) is 0 Å². The lowest BCUT2D eigenvalue weighted by atomic mass is 11.1. The molecular formula is CHN3O. The smallest absolute Gasteiger partial charge is 0.242 e. The summed E-state index contributed by atoms with van der Waals surface area (Å²) in [5, 5.41) is 5.97. The average Bonchev–Trinajstić information content (AvgIpc) is 1.30. The van der Waals surface area contributed by atoms with Gasteiger partial charge in [0.2, 0.25) is 0 Å². The van der Waals surface area contributed by atoms with Gasteiger partial charge in [-0.15, -0.1) is 0 Å². The molecule has 0 radical (unpaired) electrons. The van der Waals surface area contributed by atoms with Gasteiger partial charge in [0.05, 0.1) is 0 Å². The molecule has 0 aromatic rings. The van der Waals surface area contributed by atoms with Crippen molar-refractivity contribution in [2.24, 2.45) is 10.3 Å². The molecule has 1 aliphatic rings. The van der Waals surface area contributed by atoms with Gasteiger partial charge in [0.1, 0.15) is 0 Å². The Hall–Kier alpha value is -0.930. The van der Waals surface area contributed by atoms with E-state index in [1.54, 1.807) is 0 Å². The Morgan fingerprint density at radius 1 is 1.80 bits per heavy atom. The molecule has 26 valence electrons. The first-order valence-electron chi connectivity index (χ1n) is 1.10. The van der Waals surface area contributed by atoms with Crippen LogP contribution in [-0.4, -0.2) is 6.03 Å². The van der Waals surface area contributed by atoms with E-state index in [0.717, 1.165) is 0 Å². The van der Waals surface area contributed by atoms with Gasteiger partial charge in [-0.25, -0.2) is 10.2 Å². The third-order valence-corrected chi connectivity index (χ3v) is 0.286. The number of hydrogen-bond donors (Lipinski definition) is 1. The highest BCUT2D eigenvalue weighted by Gasteiger charge is 2.00. The molecule has 0 fully saturated rings. The molecule has 0 spiro atoms. The minimum absolute atomic E-state index is 0.356. The number of nitrogens with zero attached hydrogens (tertiary/aromatic N) is 2. The molecular weight excluding hydrogens is 70.0 g/mol. The van der Waals surface area contributed by atoms with E-state index in [-0.39, 0.29) is 6.03 Å². The monoisotopic (exact) mass is 71.0 g/mol. The molecule has 5 heavy (non-hydrogen) atoms. The van der Waals surface area contributed by atoms with Crippen molar-refractivity contribution in [3.8, 4) is 0 Å².